The van der Waals surface area contributed by atoms with E-state index in [1.54, 1.807) is 6.21 Å². The molecule has 0 fully saturated rings. The molecule has 1 N–H and O–H groups in total. The quantitative estimate of drug-likeness (QED) is 0.237. The molecular weight excluding hydrogens is 356 g/mol. The van der Waals surface area contributed by atoms with Gasteiger partial charge in [-0.15, -0.1) is 0 Å². The smallest absolute Gasteiger partial charge is 0.137 e. The average Bonchev–Trinajstić information content (AvgIpc) is 2.67. The zero-order valence-electron chi connectivity index (χ0n) is 16.5. The van der Waals surface area contributed by atoms with E-state index in [1.165, 1.54) is 44.1 Å². The number of nitrogens with zero attached hydrogens (tertiary/aromatic N) is 1. The van der Waals surface area contributed by atoms with Gasteiger partial charge >= 0.3 is 0 Å². The summed E-state index contributed by atoms with van der Waals surface area (Å²) in [4.78, 5) is 0. The van der Waals surface area contributed by atoms with Crippen molar-refractivity contribution in [3.63, 3.8) is 0 Å². The van der Waals surface area contributed by atoms with Crippen molar-refractivity contribution < 1.29 is 4.74 Å². The molecule has 3 nitrogen and oxygen atoms in total. The predicted octanol–water partition coefficient (Wildman–Crippen LogP) is 7.22. The van der Waals surface area contributed by atoms with Gasteiger partial charge in [-0.05, 0) is 49.2 Å². The maximum absolute atomic E-state index is 6.33. The number of hydrogen-bond donors (Lipinski definition) is 1. The summed E-state index contributed by atoms with van der Waals surface area (Å²) < 4.78 is 5.81. The fraction of sp³-hybridized carbons (Fsp3) is 0.435. The summed E-state index contributed by atoms with van der Waals surface area (Å²) >= 11 is 6.33. The Balaban J connectivity index is 1.71. The highest BCUT2D eigenvalue weighted by molar-refractivity contribution is 6.32. The van der Waals surface area contributed by atoms with Gasteiger partial charge in [-0.25, -0.2) is 0 Å². The van der Waals surface area contributed by atoms with Crippen LogP contribution in [0.1, 0.15) is 63.0 Å². The zero-order chi connectivity index (χ0) is 19.3. The molecule has 0 aliphatic rings. The predicted molar refractivity (Wildman–Crippen MR) is 117 cm³/mol. The number of hydrazone groups is 1. The summed E-state index contributed by atoms with van der Waals surface area (Å²) in [6.45, 7) is 5.03. The van der Waals surface area contributed by atoms with E-state index in [2.05, 4.69) is 24.4 Å². The molecule has 146 valence electrons. The maximum atomic E-state index is 6.33. The Labute approximate surface area is 168 Å². The number of rotatable bonds is 12. The van der Waals surface area contributed by atoms with Gasteiger partial charge in [0, 0.05) is 0 Å². The second-order valence-electron chi connectivity index (χ2n) is 6.90. The standard InChI is InChI=1S/C23H31ClN2O/c1-3-4-5-6-7-8-9-16-27-23-15-12-20(17-22(23)24)18-25-26-21-13-10-19(2)11-14-21/h10-15,17-18,26H,3-9,16H2,1-2H3/b25-18+. The number of nitrogens with one attached hydrogen (secondary N) is 1. The molecule has 0 radical (unpaired) electrons. The third kappa shape index (κ3) is 8.49. The summed E-state index contributed by atoms with van der Waals surface area (Å²) in [6.07, 6.45) is 10.7. The summed E-state index contributed by atoms with van der Waals surface area (Å²) in [5.74, 6) is 0.742. The minimum Gasteiger partial charge on any atom is -0.492 e. The van der Waals surface area contributed by atoms with Crippen LogP contribution in [0.3, 0.4) is 0 Å². The molecule has 0 aliphatic heterocycles. The molecule has 27 heavy (non-hydrogen) atoms. The molecule has 2 aromatic rings. The SMILES string of the molecule is CCCCCCCCCOc1ccc(/C=N/Nc2ccc(C)cc2)cc1Cl. The average molecular weight is 387 g/mol. The van der Waals surface area contributed by atoms with Crippen LogP contribution in [-0.2, 0) is 0 Å². The van der Waals surface area contributed by atoms with Crippen molar-refractivity contribution in [3.05, 3.63) is 58.6 Å². The first-order valence-electron chi connectivity index (χ1n) is 9.97. The highest BCUT2D eigenvalue weighted by Gasteiger charge is 2.02. The normalized spacial score (nSPS) is 11.1. The van der Waals surface area contributed by atoms with Crippen LogP contribution in [-0.4, -0.2) is 12.8 Å². The molecule has 0 spiro atoms. The van der Waals surface area contributed by atoms with E-state index in [0.29, 0.717) is 5.02 Å². The monoisotopic (exact) mass is 386 g/mol. The molecule has 0 aromatic heterocycles. The number of aryl methyl sites for hydroxylation is 1. The first kappa shape index (κ1) is 21.3. The van der Waals surface area contributed by atoms with Crippen LogP contribution in [0.2, 0.25) is 5.02 Å². The molecule has 2 rings (SSSR count). The lowest BCUT2D eigenvalue weighted by atomic mass is 10.1. The maximum Gasteiger partial charge on any atom is 0.137 e. The number of halogens is 1. The largest absolute Gasteiger partial charge is 0.492 e. The van der Waals surface area contributed by atoms with E-state index >= 15 is 0 Å². The minimum atomic E-state index is 0.622. The van der Waals surface area contributed by atoms with Gasteiger partial charge in [0.1, 0.15) is 5.75 Å². The Morgan fingerprint density at radius 3 is 2.37 bits per heavy atom. The van der Waals surface area contributed by atoms with E-state index in [-0.39, 0.29) is 0 Å². The van der Waals surface area contributed by atoms with Gasteiger partial charge in [0.05, 0.1) is 23.5 Å². The van der Waals surface area contributed by atoms with Crippen LogP contribution in [0.5, 0.6) is 5.75 Å². The van der Waals surface area contributed by atoms with Crippen LogP contribution in [0, 0.1) is 6.92 Å². The van der Waals surface area contributed by atoms with E-state index < -0.39 is 0 Å². The number of hydrogen-bond acceptors (Lipinski definition) is 3. The third-order valence-electron chi connectivity index (χ3n) is 4.42. The van der Waals surface area contributed by atoms with Gasteiger partial charge in [0.25, 0.3) is 0 Å². The van der Waals surface area contributed by atoms with Crippen molar-refractivity contribution in [1.29, 1.82) is 0 Å². The topological polar surface area (TPSA) is 33.6 Å². The number of benzene rings is 2. The lowest BCUT2D eigenvalue weighted by molar-refractivity contribution is 0.304. The minimum absolute atomic E-state index is 0.622. The van der Waals surface area contributed by atoms with Gasteiger partial charge in [-0.3, -0.25) is 5.43 Å². The summed E-state index contributed by atoms with van der Waals surface area (Å²) in [6, 6.07) is 13.9. The van der Waals surface area contributed by atoms with E-state index in [1.807, 2.05) is 42.5 Å². The molecule has 0 saturated carbocycles. The Hall–Kier alpha value is -2.00. The van der Waals surface area contributed by atoms with E-state index in [0.717, 1.165) is 30.0 Å². The van der Waals surface area contributed by atoms with Crippen LogP contribution >= 0.6 is 11.6 Å². The van der Waals surface area contributed by atoms with Gasteiger partial charge in [-0.1, -0.05) is 74.7 Å². The van der Waals surface area contributed by atoms with Crippen molar-refractivity contribution in [2.75, 3.05) is 12.0 Å². The second kappa shape index (κ2) is 12.4. The third-order valence-corrected chi connectivity index (χ3v) is 4.72. The first-order chi connectivity index (χ1) is 13.2. The number of ether oxygens (including phenoxy) is 1. The van der Waals surface area contributed by atoms with Gasteiger partial charge in [0.2, 0.25) is 0 Å². The van der Waals surface area contributed by atoms with E-state index in [4.69, 9.17) is 16.3 Å². The highest BCUT2D eigenvalue weighted by Crippen LogP contribution is 2.25. The molecule has 0 heterocycles. The Bertz CT molecular complexity index is 698. The summed E-state index contributed by atoms with van der Waals surface area (Å²) in [7, 11) is 0. The molecule has 0 aliphatic carbocycles. The summed E-state index contributed by atoms with van der Waals surface area (Å²) in [5, 5.41) is 4.88. The van der Waals surface area contributed by atoms with Gasteiger partial charge in [0.15, 0.2) is 0 Å². The van der Waals surface area contributed by atoms with Crippen molar-refractivity contribution in [1.82, 2.24) is 0 Å². The molecule has 0 unspecified atom stereocenters. The molecule has 0 atom stereocenters. The van der Waals surface area contributed by atoms with Crippen LogP contribution in [0.25, 0.3) is 0 Å². The van der Waals surface area contributed by atoms with Crippen molar-refractivity contribution >= 4 is 23.5 Å². The summed E-state index contributed by atoms with van der Waals surface area (Å²) in [5.41, 5.74) is 6.13. The number of anilines is 1. The Morgan fingerprint density at radius 2 is 1.67 bits per heavy atom. The molecule has 0 bridgehead atoms. The lowest BCUT2D eigenvalue weighted by Gasteiger charge is -2.08. The van der Waals surface area contributed by atoms with Gasteiger partial charge in [-0.2, -0.15) is 5.10 Å². The van der Waals surface area contributed by atoms with Crippen LogP contribution < -0.4 is 10.2 Å². The first-order valence-corrected chi connectivity index (χ1v) is 10.3. The van der Waals surface area contributed by atoms with Gasteiger partial charge < -0.3 is 4.74 Å². The fourth-order valence-electron chi connectivity index (χ4n) is 2.77. The molecule has 4 heteroatoms. The van der Waals surface area contributed by atoms with Crippen LogP contribution in [0.15, 0.2) is 47.6 Å². The highest BCUT2D eigenvalue weighted by atomic mass is 35.5. The fourth-order valence-corrected chi connectivity index (χ4v) is 3.01. The zero-order valence-corrected chi connectivity index (χ0v) is 17.3. The number of unbranched alkanes of at least 4 members (excludes halogenated alkanes) is 6. The Kier molecular flexibility index (Phi) is 9.78. The van der Waals surface area contributed by atoms with Crippen molar-refractivity contribution in [2.45, 2.75) is 58.8 Å². The van der Waals surface area contributed by atoms with Crippen molar-refractivity contribution in [3.8, 4) is 5.75 Å². The van der Waals surface area contributed by atoms with Crippen molar-refractivity contribution in [2.24, 2.45) is 5.10 Å². The second-order valence-corrected chi connectivity index (χ2v) is 7.30. The molecular formula is C23H31ClN2O. The lowest BCUT2D eigenvalue weighted by Crippen LogP contribution is -1.98. The Morgan fingerprint density at radius 1 is 0.963 bits per heavy atom. The molecule has 0 saturated heterocycles. The van der Waals surface area contributed by atoms with Crippen LogP contribution in [0.4, 0.5) is 5.69 Å². The molecule has 0 amide bonds. The van der Waals surface area contributed by atoms with E-state index in [9.17, 15) is 0 Å². The molecule has 2 aromatic carbocycles.